The first-order valence-electron chi connectivity index (χ1n) is 20.7. The van der Waals surface area contributed by atoms with Crippen molar-refractivity contribution < 1.29 is 54.7 Å². The van der Waals surface area contributed by atoms with Crippen molar-refractivity contribution in [3.05, 3.63) is 0 Å². The SMILES string of the molecule is O=[C](C1CCCCCCCCO1)[Ti]([C](=O)C1CCCCCCCCO1)([C](=O)C1CCCCCCCCO1)[C](=O)C1CCCCCCCCO1. The zero-order valence-corrected chi connectivity index (χ0v) is 32.3. The Morgan fingerprint density at radius 3 is 0.694 bits per heavy atom. The van der Waals surface area contributed by atoms with E-state index in [4.69, 9.17) is 18.9 Å². The monoisotopic (exact) mass is 724 g/mol. The molecule has 0 aromatic heterocycles. The molecule has 0 N–H and O–H groups in total. The molecule has 4 aliphatic heterocycles. The van der Waals surface area contributed by atoms with Gasteiger partial charge in [-0.1, -0.05) is 0 Å². The van der Waals surface area contributed by atoms with Gasteiger partial charge in [-0.3, -0.25) is 0 Å². The van der Waals surface area contributed by atoms with E-state index in [2.05, 4.69) is 0 Å². The molecule has 8 nitrogen and oxygen atoms in total. The number of ether oxygens (including phenoxy) is 4. The van der Waals surface area contributed by atoms with Crippen LogP contribution in [0.5, 0.6) is 0 Å². The van der Waals surface area contributed by atoms with Gasteiger partial charge in [0.2, 0.25) is 0 Å². The van der Waals surface area contributed by atoms with E-state index < -0.39 is 57.4 Å². The summed E-state index contributed by atoms with van der Waals surface area (Å²) in [4.78, 5) is 62.0. The van der Waals surface area contributed by atoms with Crippen LogP contribution in [-0.4, -0.2) is 67.2 Å². The summed E-state index contributed by atoms with van der Waals surface area (Å²) in [5, 5.41) is 0. The first-order valence-corrected chi connectivity index (χ1v) is 23.8. The van der Waals surface area contributed by atoms with Crippen molar-refractivity contribution >= 4 is 16.4 Å². The van der Waals surface area contributed by atoms with Gasteiger partial charge in [0.15, 0.2) is 0 Å². The summed E-state index contributed by atoms with van der Waals surface area (Å²) in [5.74, 6) is 0. The fourth-order valence-electron chi connectivity index (χ4n) is 8.31. The van der Waals surface area contributed by atoms with Gasteiger partial charge in [-0.25, -0.2) is 0 Å². The molecule has 49 heavy (non-hydrogen) atoms. The summed E-state index contributed by atoms with van der Waals surface area (Å²) >= 11 is -5.69. The molecule has 0 aromatic carbocycles. The van der Waals surface area contributed by atoms with Crippen molar-refractivity contribution in [2.75, 3.05) is 26.4 Å². The molecule has 4 saturated heterocycles. The summed E-state index contributed by atoms with van der Waals surface area (Å²) in [7, 11) is 0. The minimum atomic E-state index is -5.69. The maximum absolute atomic E-state index is 15.5. The molecule has 4 fully saturated rings. The van der Waals surface area contributed by atoms with Crippen LogP contribution in [0.4, 0.5) is 0 Å². The maximum atomic E-state index is 15.5. The molecule has 4 aliphatic rings. The zero-order chi connectivity index (χ0) is 34.6. The Kier molecular flexibility index (Phi) is 19.9. The van der Waals surface area contributed by atoms with Crippen LogP contribution in [0.15, 0.2) is 0 Å². The summed E-state index contributed by atoms with van der Waals surface area (Å²) in [6, 6.07) is 0. The molecule has 4 atom stereocenters. The van der Waals surface area contributed by atoms with Crippen LogP contribution in [0.1, 0.15) is 180 Å². The summed E-state index contributed by atoms with van der Waals surface area (Å²) in [5.41, 5.74) is 0. The van der Waals surface area contributed by atoms with Crippen molar-refractivity contribution in [3.63, 3.8) is 0 Å². The van der Waals surface area contributed by atoms with Crippen LogP contribution in [0.2, 0.25) is 0 Å². The number of carbonyl (C=O) groups is 4. The fourth-order valence-corrected chi connectivity index (χ4v) is 15.0. The van der Waals surface area contributed by atoms with E-state index >= 15 is 19.2 Å². The number of rotatable bonds is 8. The molecule has 0 bridgehead atoms. The Balaban J connectivity index is 1.82. The Labute approximate surface area is 300 Å². The van der Waals surface area contributed by atoms with Gasteiger partial charge < -0.3 is 0 Å². The second-order valence-corrected chi connectivity index (χ2v) is 20.7. The van der Waals surface area contributed by atoms with E-state index in [0.717, 1.165) is 154 Å². The molecule has 0 radical (unpaired) electrons. The molecule has 9 heteroatoms. The summed E-state index contributed by atoms with van der Waals surface area (Å²) in [6.07, 6.45) is 21.2. The first-order chi connectivity index (χ1) is 24.1. The Morgan fingerprint density at radius 2 is 0.469 bits per heavy atom. The third-order valence-corrected chi connectivity index (χ3v) is 18.0. The van der Waals surface area contributed by atoms with Crippen LogP contribution in [-0.2, 0) is 54.7 Å². The third-order valence-electron chi connectivity index (χ3n) is 11.4. The van der Waals surface area contributed by atoms with Crippen LogP contribution in [0.3, 0.4) is 0 Å². The van der Waals surface area contributed by atoms with Gasteiger partial charge in [-0.05, 0) is 0 Å². The third kappa shape index (κ3) is 12.7. The molecule has 0 aromatic rings. The van der Waals surface area contributed by atoms with E-state index in [9.17, 15) is 0 Å². The quantitative estimate of drug-likeness (QED) is 0.229. The molecular formula is C40H68O8Ti. The molecule has 0 amide bonds. The number of carbonyl (C=O) groups excluding carboxylic acids is 4. The Hall–Kier alpha value is -0.766. The molecular weight excluding hydrogens is 656 g/mol. The van der Waals surface area contributed by atoms with Crippen LogP contribution >= 0.6 is 0 Å². The van der Waals surface area contributed by atoms with Gasteiger partial charge in [-0.15, -0.1) is 0 Å². The topological polar surface area (TPSA) is 105 Å². The molecule has 4 heterocycles. The summed E-state index contributed by atoms with van der Waals surface area (Å²) < 4.78 is 23.5. The van der Waals surface area contributed by atoms with E-state index in [1.54, 1.807) is 0 Å². The second kappa shape index (κ2) is 23.7. The second-order valence-electron chi connectivity index (χ2n) is 15.3. The Morgan fingerprint density at radius 1 is 0.286 bits per heavy atom. The normalized spacial score (nSPS) is 30.0. The van der Waals surface area contributed by atoms with Crippen molar-refractivity contribution in [2.24, 2.45) is 0 Å². The molecule has 280 valence electrons. The first kappa shape index (κ1) is 41.0. The summed E-state index contributed by atoms with van der Waals surface area (Å²) in [6.45, 7) is 1.58. The van der Waals surface area contributed by atoms with Gasteiger partial charge in [0.1, 0.15) is 0 Å². The minimum absolute atomic E-state index is 0.394. The molecule has 4 unspecified atom stereocenters. The predicted molar refractivity (Wildman–Crippen MR) is 188 cm³/mol. The van der Waals surface area contributed by atoms with E-state index in [1.165, 1.54) is 0 Å². The Bertz CT molecular complexity index is 803. The molecule has 0 aliphatic carbocycles. The predicted octanol–water partition coefficient (Wildman–Crippen LogP) is 8.76. The van der Waals surface area contributed by atoms with Gasteiger partial charge in [0.25, 0.3) is 0 Å². The van der Waals surface area contributed by atoms with E-state index in [1.807, 2.05) is 0 Å². The average molecular weight is 725 g/mol. The van der Waals surface area contributed by atoms with Crippen LogP contribution in [0, 0.1) is 0 Å². The fraction of sp³-hybridized carbons (Fsp3) is 0.900. The molecule has 0 spiro atoms. The van der Waals surface area contributed by atoms with Gasteiger partial charge >= 0.3 is 302 Å². The number of hydrogen-bond donors (Lipinski definition) is 0. The molecule has 0 saturated carbocycles. The van der Waals surface area contributed by atoms with Crippen molar-refractivity contribution in [3.8, 4) is 0 Å². The van der Waals surface area contributed by atoms with Crippen molar-refractivity contribution in [1.29, 1.82) is 0 Å². The van der Waals surface area contributed by atoms with Gasteiger partial charge in [0, 0.05) is 0 Å². The van der Waals surface area contributed by atoms with Crippen molar-refractivity contribution in [2.45, 2.75) is 204 Å². The van der Waals surface area contributed by atoms with E-state index in [-0.39, 0.29) is 0 Å². The molecule has 4 rings (SSSR count). The zero-order valence-electron chi connectivity index (χ0n) is 30.7. The van der Waals surface area contributed by atoms with Gasteiger partial charge in [-0.2, -0.15) is 0 Å². The standard InChI is InChI=1S/4C10H17O2.Ti/c4*11-9-10-7-5-3-1-2-4-6-8-12-10;/h4*10H,1-8H2;. The number of hydrogen-bond acceptors (Lipinski definition) is 8. The average Bonchev–Trinajstić information content (AvgIpc) is 3.13. The van der Waals surface area contributed by atoms with Crippen LogP contribution in [0.25, 0.3) is 0 Å². The van der Waals surface area contributed by atoms with E-state index in [0.29, 0.717) is 52.1 Å². The van der Waals surface area contributed by atoms with Crippen molar-refractivity contribution in [1.82, 2.24) is 0 Å². The van der Waals surface area contributed by atoms with Crippen LogP contribution < -0.4 is 0 Å². The van der Waals surface area contributed by atoms with Gasteiger partial charge in [0.05, 0.1) is 0 Å².